The van der Waals surface area contributed by atoms with E-state index in [1.807, 2.05) is 11.4 Å². The normalized spacial score (nSPS) is 12.0. The molecule has 2 aromatic heterocycles. The highest BCUT2D eigenvalue weighted by atomic mass is 32.1. The van der Waals surface area contributed by atoms with Gasteiger partial charge in [0.15, 0.2) is 4.80 Å². The largest absolute Gasteiger partial charge is 0.310 e. The summed E-state index contributed by atoms with van der Waals surface area (Å²) in [5, 5.41) is 1.82. The fourth-order valence-corrected chi connectivity index (χ4v) is 3.67. The molecule has 106 valence electrons. The monoisotopic (exact) mass is 318 g/mol. The van der Waals surface area contributed by atoms with Crippen molar-refractivity contribution in [3.63, 3.8) is 0 Å². The van der Waals surface area contributed by atoms with E-state index in [1.165, 1.54) is 28.7 Å². The van der Waals surface area contributed by atoms with E-state index in [0.29, 0.717) is 21.7 Å². The number of rotatable bonds is 3. The minimum absolute atomic E-state index is 0.310. The molecule has 1 amide bonds. The number of halogens is 1. The van der Waals surface area contributed by atoms with E-state index in [0.717, 1.165) is 4.70 Å². The summed E-state index contributed by atoms with van der Waals surface area (Å²) in [7, 11) is 0. The van der Waals surface area contributed by atoms with Crippen molar-refractivity contribution in [1.29, 1.82) is 0 Å². The molecule has 0 saturated carbocycles. The highest BCUT2D eigenvalue weighted by Crippen LogP contribution is 2.20. The third kappa shape index (κ3) is 2.59. The molecule has 0 fully saturated rings. The second-order valence-electron chi connectivity index (χ2n) is 4.26. The zero-order valence-electron chi connectivity index (χ0n) is 11.0. The number of benzene rings is 1. The first-order chi connectivity index (χ1) is 10.2. The summed E-state index contributed by atoms with van der Waals surface area (Å²) in [6, 6.07) is 8.39. The average molecular weight is 318 g/mol. The van der Waals surface area contributed by atoms with Crippen molar-refractivity contribution >= 4 is 38.8 Å². The first kappa shape index (κ1) is 13.9. The highest BCUT2D eigenvalue weighted by molar-refractivity contribution is 7.16. The van der Waals surface area contributed by atoms with Crippen LogP contribution in [0.15, 0.2) is 53.4 Å². The topological polar surface area (TPSA) is 34.4 Å². The van der Waals surface area contributed by atoms with Crippen LogP contribution in [0.2, 0.25) is 0 Å². The molecule has 0 atom stereocenters. The highest BCUT2D eigenvalue weighted by Gasteiger charge is 2.11. The van der Waals surface area contributed by atoms with Gasteiger partial charge in [-0.2, -0.15) is 4.99 Å². The van der Waals surface area contributed by atoms with Crippen LogP contribution in [0.4, 0.5) is 4.39 Å². The Balaban J connectivity index is 2.22. The molecule has 1 aromatic carbocycles. The second kappa shape index (κ2) is 5.75. The Hall–Kier alpha value is -2.05. The van der Waals surface area contributed by atoms with Crippen molar-refractivity contribution in [1.82, 2.24) is 4.57 Å². The van der Waals surface area contributed by atoms with E-state index < -0.39 is 0 Å². The number of amides is 1. The van der Waals surface area contributed by atoms with Crippen LogP contribution in [0.1, 0.15) is 9.67 Å². The quantitative estimate of drug-likeness (QED) is 0.676. The smallest absolute Gasteiger partial charge is 0.289 e. The molecular weight excluding hydrogens is 307 g/mol. The molecule has 0 unspecified atom stereocenters. The van der Waals surface area contributed by atoms with Gasteiger partial charge < -0.3 is 4.57 Å². The molecule has 0 saturated heterocycles. The van der Waals surface area contributed by atoms with Gasteiger partial charge in [-0.3, -0.25) is 4.79 Å². The van der Waals surface area contributed by atoms with E-state index in [4.69, 9.17) is 0 Å². The Labute approximate surface area is 128 Å². The van der Waals surface area contributed by atoms with Crippen LogP contribution < -0.4 is 4.80 Å². The minimum Gasteiger partial charge on any atom is -0.310 e. The lowest BCUT2D eigenvalue weighted by molar-refractivity contribution is 0.100. The molecule has 0 bridgehead atoms. The standard InChI is InChI=1S/C15H11FN2OS2/c1-2-8-18-13-10(16)5-3-6-11(13)21-15(18)17-14(19)12-7-4-9-20-12/h2-7,9H,1,8H2. The molecule has 0 spiro atoms. The maximum atomic E-state index is 14.0. The number of thiophene rings is 1. The number of thiazole rings is 1. The van der Waals surface area contributed by atoms with Gasteiger partial charge in [-0.1, -0.05) is 29.5 Å². The molecule has 0 N–H and O–H groups in total. The van der Waals surface area contributed by atoms with Crippen molar-refractivity contribution in [2.75, 3.05) is 0 Å². The fraction of sp³-hybridized carbons (Fsp3) is 0.0667. The summed E-state index contributed by atoms with van der Waals surface area (Å²) < 4.78 is 16.5. The van der Waals surface area contributed by atoms with Crippen molar-refractivity contribution in [3.05, 3.63) is 63.9 Å². The van der Waals surface area contributed by atoms with Crippen LogP contribution >= 0.6 is 22.7 Å². The first-order valence-corrected chi connectivity index (χ1v) is 7.91. The number of fused-ring (bicyclic) bond motifs is 1. The maximum absolute atomic E-state index is 14.0. The SMILES string of the molecule is C=CCn1c(=NC(=O)c2cccs2)sc2cccc(F)c21. The molecule has 0 aliphatic heterocycles. The molecule has 6 heteroatoms. The van der Waals surface area contributed by atoms with Crippen LogP contribution in [0.25, 0.3) is 10.2 Å². The first-order valence-electron chi connectivity index (χ1n) is 6.22. The van der Waals surface area contributed by atoms with Gasteiger partial charge in [0.25, 0.3) is 5.91 Å². The third-order valence-electron chi connectivity index (χ3n) is 2.89. The lowest BCUT2D eigenvalue weighted by Gasteiger charge is -2.01. The molecule has 3 aromatic rings. The molecule has 2 heterocycles. The molecular formula is C15H11FN2OS2. The van der Waals surface area contributed by atoms with E-state index in [2.05, 4.69) is 11.6 Å². The Bertz CT molecular complexity index is 875. The molecule has 3 nitrogen and oxygen atoms in total. The second-order valence-corrected chi connectivity index (χ2v) is 6.22. The zero-order valence-corrected chi connectivity index (χ0v) is 12.6. The Morgan fingerprint density at radius 3 is 2.95 bits per heavy atom. The number of para-hydroxylation sites is 1. The molecule has 3 rings (SSSR count). The number of carbonyl (C=O) groups excluding carboxylic acids is 1. The van der Waals surface area contributed by atoms with Gasteiger partial charge in [0.1, 0.15) is 5.82 Å². The minimum atomic E-state index is -0.323. The van der Waals surface area contributed by atoms with Gasteiger partial charge in [0.2, 0.25) is 0 Å². The Morgan fingerprint density at radius 2 is 2.24 bits per heavy atom. The number of allylic oxidation sites excluding steroid dienone is 1. The maximum Gasteiger partial charge on any atom is 0.289 e. The number of nitrogens with zero attached hydrogens (tertiary/aromatic N) is 2. The van der Waals surface area contributed by atoms with Crippen molar-refractivity contribution in [2.45, 2.75) is 6.54 Å². The van der Waals surface area contributed by atoms with Gasteiger partial charge in [0.05, 0.1) is 15.1 Å². The van der Waals surface area contributed by atoms with Crippen LogP contribution in [0.5, 0.6) is 0 Å². The van der Waals surface area contributed by atoms with Crippen molar-refractivity contribution < 1.29 is 9.18 Å². The van der Waals surface area contributed by atoms with Gasteiger partial charge >= 0.3 is 0 Å². The lowest BCUT2D eigenvalue weighted by Crippen LogP contribution is -2.16. The number of hydrogen-bond donors (Lipinski definition) is 0. The predicted octanol–water partition coefficient (Wildman–Crippen LogP) is 3.83. The molecule has 0 aliphatic carbocycles. The average Bonchev–Trinajstić information content (AvgIpc) is 3.09. The Kier molecular flexibility index (Phi) is 3.81. The van der Waals surface area contributed by atoms with Gasteiger partial charge in [-0.15, -0.1) is 17.9 Å². The lowest BCUT2D eigenvalue weighted by atomic mass is 10.3. The van der Waals surface area contributed by atoms with E-state index in [1.54, 1.807) is 28.8 Å². The van der Waals surface area contributed by atoms with E-state index >= 15 is 0 Å². The van der Waals surface area contributed by atoms with Crippen LogP contribution in [0.3, 0.4) is 0 Å². The van der Waals surface area contributed by atoms with Crippen LogP contribution in [-0.2, 0) is 6.54 Å². The van der Waals surface area contributed by atoms with Crippen LogP contribution in [0, 0.1) is 5.82 Å². The molecule has 0 radical (unpaired) electrons. The summed E-state index contributed by atoms with van der Waals surface area (Å²) in [5.41, 5.74) is 0.458. The Morgan fingerprint density at radius 1 is 1.38 bits per heavy atom. The summed E-state index contributed by atoms with van der Waals surface area (Å²) in [6.45, 7) is 4.08. The number of hydrogen-bond acceptors (Lipinski definition) is 3. The fourth-order valence-electron chi connectivity index (χ4n) is 2.01. The summed E-state index contributed by atoms with van der Waals surface area (Å²) in [5.74, 6) is -0.634. The van der Waals surface area contributed by atoms with E-state index in [-0.39, 0.29) is 11.7 Å². The van der Waals surface area contributed by atoms with Crippen LogP contribution in [-0.4, -0.2) is 10.5 Å². The summed E-state index contributed by atoms with van der Waals surface area (Å²) in [6.07, 6.45) is 1.66. The summed E-state index contributed by atoms with van der Waals surface area (Å²) in [4.78, 5) is 17.3. The summed E-state index contributed by atoms with van der Waals surface area (Å²) >= 11 is 2.63. The van der Waals surface area contributed by atoms with Gasteiger partial charge in [0, 0.05) is 6.54 Å². The van der Waals surface area contributed by atoms with E-state index in [9.17, 15) is 9.18 Å². The predicted molar refractivity (Wildman–Crippen MR) is 84.2 cm³/mol. The molecule has 21 heavy (non-hydrogen) atoms. The third-order valence-corrected chi connectivity index (χ3v) is 4.79. The zero-order chi connectivity index (χ0) is 14.8. The number of aromatic nitrogens is 1. The van der Waals surface area contributed by atoms with Crippen molar-refractivity contribution in [2.24, 2.45) is 4.99 Å². The molecule has 0 aliphatic rings. The number of carbonyl (C=O) groups is 1. The van der Waals surface area contributed by atoms with Crippen molar-refractivity contribution in [3.8, 4) is 0 Å². The van der Waals surface area contributed by atoms with Gasteiger partial charge in [-0.05, 0) is 23.6 Å². The van der Waals surface area contributed by atoms with Gasteiger partial charge in [-0.25, -0.2) is 4.39 Å².